The monoisotopic (exact) mass is 332 g/mol. The van der Waals surface area contributed by atoms with Gasteiger partial charge in [0.05, 0.1) is 27.6 Å². The second-order valence-corrected chi connectivity index (χ2v) is 6.31. The number of hydrogen-bond acceptors (Lipinski definition) is 7. The van der Waals surface area contributed by atoms with Crippen LogP contribution in [0.5, 0.6) is 5.88 Å². The Morgan fingerprint density at radius 3 is 2.55 bits per heavy atom. The molecule has 1 N–H and O–H groups in total. The first kappa shape index (κ1) is 14.6. The number of aromatic hydroxyl groups is 1. The maximum Gasteiger partial charge on any atom is 0.211 e. The fraction of sp³-hybridized carbons (Fsp3) is 0.143. The molecule has 8 heteroatoms. The van der Waals surface area contributed by atoms with Crippen LogP contribution in [-0.2, 0) is 4.79 Å². The second kappa shape index (κ2) is 5.47. The SMILES string of the molecule is C[C@@H](C(=O)[O-])n1c(O)c(C=C2N=c3ccccc3=N2)sc1=S. The summed E-state index contributed by atoms with van der Waals surface area (Å²) in [7, 11) is 0. The molecule has 6 nitrogen and oxygen atoms in total. The van der Waals surface area contributed by atoms with Gasteiger partial charge in [-0.2, -0.15) is 0 Å². The molecule has 0 bridgehead atoms. The molecule has 0 radical (unpaired) electrons. The highest BCUT2D eigenvalue weighted by molar-refractivity contribution is 7.73. The van der Waals surface area contributed by atoms with E-state index < -0.39 is 12.0 Å². The van der Waals surface area contributed by atoms with E-state index in [2.05, 4.69) is 9.98 Å². The normalized spacial score (nSPS) is 14.0. The zero-order chi connectivity index (χ0) is 15.9. The van der Waals surface area contributed by atoms with Crippen LogP contribution in [0.2, 0.25) is 0 Å². The molecule has 0 saturated heterocycles. The van der Waals surface area contributed by atoms with E-state index in [0.29, 0.717) is 10.7 Å². The lowest BCUT2D eigenvalue weighted by Gasteiger charge is -2.15. The number of thiazole rings is 1. The summed E-state index contributed by atoms with van der Waals surface area (Å²) >= 11 is 6.20. The van der Waals surface area contributed by atoms with Crippen molar-refractivity contribution in [3.8, 4) is 5.88 Å². The van der Waals surface area contributed by atoms with Gasteiger partial charge in [-0.15, -0.1) is 11.3 Å². The Balaban J connectivity index is 2.07. The van der Waals surface area contributed by atoms with Crippen molar-refractivity contribution in [1.29, 1.82) is 0 Å². The van der Waals surface area contributed by atoms with Crippen molar-refractivity contribution in [2.45, 2.75) is 13.0 Å². The third kappa shape index (κ3) is 2.46. The summed E-state index contributed by atoms with van der Waals surface area (Å²) in [5, 5.41) is 22.7. The van der Waals surface area contributed by atoms with E-state index in [0.717, 1.165) is 26.6 Å². The van der Waals surface area contributed by atoms with Crippen molar-refractivity contribution in [3.63, 3.8) is 0 Å². The minimum Gasteiger partial charge on any atom is -0.548 e. The van der Waals surface area contributed by atoms with Crippen LogP contribution in [0, 0.1) is 3.95 Å². The summed E-state index contributed by atoms with van der Waals surface area (Å²) in [4.78, 5) is 20.0. The van der Waals surface area contributed by atoms with Gasteiger partial charge in [-0.25, -0.2) is 9.98 Å². The van der Waals surface area contributed by atoms with Gasteiger partial charge in [0, 0.05) is 6.08 Å². The standard InChI is InChI=1S/C14H11N3O3S2/c1-7(13(19)20)17-12(18)10(22-14(17)21)6-11-15-8-4-2-3-5-9(8)16-11/h2-7,18H,1H3,(H,19,20)/p-1/t7-/m0/s1. The lowest BCUT2D eigenvalue weighted by Crippen LogP contribution is -2.31. The molecule has 0 amide bonds. The minimum atomic E-state index is -1.31. The average molecular weight is 332 g/mol. The van der Waals surface area contributed by atoms with E-state index in [4.69, 9.17) is 12.2 Å². The molecule has 0 aliphatic carbocycles. The first-order chi connectivity index (χ1) is 10.5. The van der Waals surface area contributed by atoms with E-state index >= 15 is 0 Å². The summed E-state index contributed by atoms with van der Waals surface area (Å²) in [6.07, 6.45) is 1.58. The van der Waals surface area contributed by atoms with Gasteiger partial charge in [-0.3, -0.25) is 4.57 Å². The lowest BCUT2D eigenvalue weighted by molar-refractivity contribution is -0.309. The zero-order valence-corrected chi connectivity index (χ0v) is 13.0. The molecule has 3 rings (SSSR count). The largest absolute Gasteiger partial charge is 0.548 e. The van der Waals surface area contributed by atoms with Crippen LogP contribution in [-0.4, -0.2) is 15.6 Å². The van der Waals surface area contributed by atoms with Gasteiger partial charge < -0.3 is 15.0 Å². The summed E-state index contributed by atoms with van der Waals surface area (Å²) in [6, 6.07) is 6.35. The molecule has 2 aromatic rings. The van der Waals surface area contributed by atoms with E-state index in [1.165, 1.54) is 6.92 Å². The number of fused-ring (bicyclic) bond motifs is 1. The Labute approximate surface area is 134 Å². The molecule has 0 spiro atoms. The molecule has 0 saturated carbocycles. The Bertz CT molecular complexity index is 935. The van der Waals surface area contributed by atoms with Gasteiger partial charge in [0.15, 0.2) is 9.78 Å². The zero-order valence-electron chi connectivity index (χ0n) is 11.4. The van der Waals surface area contributed by atoms with Crippen molar-refractivity contribution >= 4 is 35.6 Å². The number of aromatic nitrogens is 1. The third-order valence-electron chi connectivity index (χ3n) is 3.18. The molecule has 1 aromatic carbocycles. The first-order valence-electron chi connectivity index (χ1n) is 6.36. The number of carbonyl (C=O) groups is 1. The van der Waals surface area contributed by atoms with Crippen LogP contribution in [0.15, 0.2) is 40.1 Å². The number of carboxylic acids is 1. The van der Waals surface area contributed by atoms with Crippen LogP contribution in [0.1, 0.15) is 17.8 Å². The molecule has 1 aliphatic heterocycles. The summed E-state index contributed by atoms with van der Waals surface area (Å²) in [5.74, 6) is -1.10. The Morgan fingerprint density at radius 1 is 1.41 bits per heavy atom. The van der Waals surface area contributed by atoms with Crippen molar-refractivity contribution in [2.24, 2.45) is 9.98 Å². The molecule has 1 atom stereocenters. The van der Waals surface area contributed by atoms with Crippen LogP contribution < -0.4 is 15.8 Å². The number of aliphatic carboxylic acids is 1. The molecule has 2 heterocycles. The van der Waals surface area contributed by atoms with Crippen molar-refractivity contribution < 1.29 is 15.0 Å². The summed E-state index contributed by atoms with van der Waals surface area (Å²) in [5.41, 5.74) is 0. The van der Waals surface area contributed by atoms with Gasteiger partial charge in [0.2, 0.25) is 5.88 Å². The first-order valence-corrected chi connectivity index (χ1v) is 7.59. The molecule has 0 unspecified atom stereocenters. The molecule has 1 aliphatic rings. The smallest absolute Gasteiger partial charge is 0.211 e. The maximum atomic E-state index is 11.0. The predicted molar refractivity (Wildman–Crippen MR) is 81.3 cm³/mol. The van der Waals surface area contributed by atoms with Gasteiger partial charge in [0.1, 0.15) is 0 Å². The minimum absolute atomic E-state index is 0.222. The highest BCUT2D eigenvalue weighted by atomic mass is 32.1. The Kier molecular flexibility index (Phi) is 3.63. The number of nitrogens with zero attached hydrogens (tertiary/aromatic N) is 3. The average Bonchev–Trinajstić information content (AvgIpc) is 2.99. The fourth-order valence-corrected chi connectivity index (χ4v) is 3.44. The van der Waals surface area contributed by atoms with Crippen LogP contribution in [0.25, 0.3) is 6.08 Å². The molecular formula is C14H10N3O3S2-. The Hall–Kier alpha value is -2.32. The Morgan fingerprint density at radius 2 is 2.00 bits per heavy atom. The van der Waals surface area contributed by atoms with Crippen LogP contribution >= 0.6 is 23.6 Å². The van der Waals surface area contributed by atoms with Crippen molar-refractivity contribution in [1.82, 2.24) is 4.57 Å². The number of hydrogen-bond donors (Lipinski definition) is 1. The third-order valence-corrected chi connectivity index (χ3v) is 4.52. The molecule has 1 aromatic heterocycles. The molecule has 22 heavy (non-hydrogen) atoms. The van der Waals surface area contributed by atoms with Crippen LogP contribution in [0.4, 0.5) is 0 Å². The number of carboxylic acid groups (broad SMARTS) is 1. The molecule has 112 valence electrons. The van der Waals surface area contributed by atoms with E-state index in [1.807, 2.05) is 24.3 Å². The summed E-state index contributed by atoms with van der Waals surface area (Å²) in [6.45, 7) is 1.40. The van der Waals surface area contributed by atoms with Crippen molar-refractivity contribution in [3.05, 3.63) is 49.6 Å². The topological polar surface area (TPSA) is 90.0 Å². The van der Waals surface area contributed by atoms with Gasteiger partial charge in [0.25, 0.3) is 0 Å². The quantitative estimate of drug-likeness (QED) is 0.831. The summed E-state index contributed by atoms with van der Waals surface area (Å²) < 4.78 is 1.39. The predicted octanol–water partition coefficient (Wildman–Crippen LogP) is 0.547. The molecular weight excluding hydrogens is 322 g/mol. The fourth-order valence-electron chi connectivity index (χ4n) is 2.04. The van der Waals surface area contributed by atoms with Gasteiger partial charge in [-0.1, -0.05) is 12.1 Å². The van der Waals surface area contributed by atoms with Gasteiger partial charge in [-0.05, 0) is 31.3 Å². The number of rotatable bonds is 3. The number of carbonyl (C=O) groups excluding carboxylic acids is 1. The lowest BCUT2D eigenvalue weighted by atomic mass is 10.3. The van der Waals surface area contributed by atoms with E-state index in [9.17, 15) is 15.0 Å². The molecule has 0 fully saturated rings. The number of benzene rings is 1. The second-order valence-electron chi connectivity index (χ2n) is 4.64. The van der Waals surface area contributed by atoms with E-state index in [1.54, 1.807) is 6.08 Å². The maximum absolute atomic E-state index is 11.0. The van der Waals surface area contributed by atoms with E-state index in [-0.39, 0.29) is 9.83 Å². The van der Waals surface area contributed by atoms with Crippen LogP contribution in [0.3, 0.4) is 0 Å². The highest BCUT2D eigenvalue weighted by Crippen LogP contribution is 2.31. The number of para-hydroxylation sites is 2. The van der Waals surface area contributed by atoms with Gasteiger partial charge >= 0.3 is 0 Å². The highest BCUT2D eigenvalue weighted by Gasteiger charge is 2.17. The van der Waals surface area contributed by atoms with Crippen molar-refractivity contribution in [2.75, 3.05) is 0 Å².